The third-order valence-corrected chi connectivity index (χ3v) is 4.12. The summed E-state index contributed by atoms with van der Waals surface area (Å²) < 4.78 is 5.65. The van der Waals surface area contributed by atoms with Crippen molar-refractivity contribution in [2.45, 2.75) is 18.3 Å². The van der Waals surface area contributed by atoms with E-state index in [2.05, 4.69) is 20.9 Å². The fraction of sp³-hybridized carbons (Fsp3) is 0.286. The molecule has 1 aliphatic rings. The lowest BCUT2D eigenvalue weighted by Gasteiger charge is -2.15. The average Bonchev–Trinajstić information content (AvgIpc) is 3.18. The van der Waals surface area contributed by atoms with Crippen molar-refractivity contribution >= 4 is 32.8 Å². The predicted octanol–water partition coefficient (Wildman–Crippen LogP) is 3.20. The van der Waals surface area contributed by atoms with Crippen LogP contribution in [0.3, 0.4) is 0 Å². The molecule has 1 aliphatic carbocycles. The van der Waals surface area contributed by atoms with Gasteiger partial charge in [-0.25, -0.2) is 4.98 Å². The summed E-state index contributed by atoms with van der Waals surface area (Å²) >= 11 is 3.47. The molecule has 3 rings (SSSR count). The van der Waals surface area contributed by atoms with Crippen molar-refractivity contribution in [2.75, 3.05) is 7.11 Å². The predicted molar refractivity (Wildman–Crippen MR) is 72.4 cm³/mol. The van der Waals surface area contributed by atoms with Gasteiger partial charge in [-0.3, -0.25) is 4.79 Å². The number of hydrogen-bond donors (Lipinski definition) is 0. The minimum Gasteiger partial charge on any atom is -0.468 e. The van der Waals surface area contributed by atoms with Crippen LogP contribution in [-0.2, 0) is 14.9 Å². The Bertz CT molecular complexity index is 635. The van der Waals surface area contributed by atoms with Crippen LogP contribution in [0, 0.1) is 0 Å². The summed E-state index contributed by atoms with van der Waals surface area (Å²) in [6.07, 6.45) is 1.66. The summed E-state index contributed by atoms with van der Waals surface area (Å²) in [6, 6.07) is 9.93. The molecule has 1 saturated carbocycles. The quantitative estimate of drug-likeness (QED) is 0.632. The highest BCUT2D eigenvalue weighted by molar-refractivity contribution is 9.10. The third kappa shape index (κ3) is 1.63. The summed E-state index contributed by atoms with van der Waals surface area (Å²) in [5.74, 6) is -0.166. The van der Waals surface area contributed by atoms with Crippen LogP contribution in [0.25, 0.3) is 10.9 Å². The fourth-order valence-corrected chi connectivity index (χ4v) is 3.02. The Kier molecular flexibility index (Phi) is 2.63. The second kappa shape index (κ2) is 4.05. The molecule has 0 radical (unpaired) electrons. The molecule has 1 heterocycles. The van der Waals surface area contributed by atoms with Crippen LogP contribution in [-0.4, -0.2) is 18.1 Å². The molecule has 4 heteroatoms. The van der Waals surface area contributed by atoms with E-state index in [4.69, 9.17) is 4.74 Å². The number of halogens is 1. The zero-order valence-electron chi connectivity index (χ0n) is 9.94. The van der Waals surface area contributed by atoms with Crippen LogP contribution in [0.2, 0.25) is 0 Å². The normalized spacial score (nSPS) is 16.6. The lowest BCUT2D eigenvalue weighted by molar-refractivity contribution is -0.143. The number of ether oxygens (including phenoxy) is 1. The van der Waals surface area contributed by atoms with Crippen LogP contribution < -0.4 is 0 Å². The Morgan fingerprint density at radius 1 is 1.39 bits per heavy atom. The number of aromatic nitrogens is 1. The van der Waals surface area contributed by atoms with Crippen molar-refractivity contribution < 1.29 is 9.53 Å². The fourth-order valence-electron chi connectivity index (χ4n) is 2.33. The number of nitrogens with zero attached hydrogens (tertiary/aromatic N) is 1. The number of hydrogen-bond acceptors (Lipinski definition) is 3. The van der Waals surface area contributed by atoms with Crippen molar-refractivity contribution in [1.82, 2.24) is 4.98 Å². The van der Waals surface area contributed by atoms with Crippen LogP contribution >= 0.6 is 15.9 Å². The van der Waals surface area contributed by atoms with Crippen molar-refractivity contribution in [3.05, 3.63) is 40.5 Å². The minimum atomic E-state index is -0.482. The number of pyridine rings is 1. The first-order valence-electron chi connectivity index (χ1n) is 5.81. The standard InChI is InChI=1S/C14H12BrNO2/c1-18-13(17)14(6-7-14)10-8-9-4-2-3-5-11(9)16-12(10)15/h2-5,8H,6-7H2,1H3. The maximum Gasteiger partial charge on any atom is 0.316 e. The molecule has 0 N–H and O–H groups in total. The number of carbonyl (C=O) groups excluding carboxylic acids is 1. The van der Waals surface area contributed by atoms with E-state index in [1.807, 2.05) is 30.3 Å². The first-order chi connectivity index (χ1) is 8.67. The van der Waals surface area contributed by atoms with Gasteiger partial charge >= 0.3 is 5.97 Å². The first-order valence-corrected chi connectivity index (χ1v) is 6.61. The molecule has 0 atom stereocenters. The van der Waals surface area contributed by atoms with Gasteiger partial charge in [-0.1, -0.05) is 18.2 Å². The monoisotopic (exact) mass is 305 g/mol. The number of benzene rings is 1. The van der Waals surface area contributed by atoms with Crippen molar-refractivity contribution in [1.29, 1.82) is 0 Å². The molecule has 0 amide bonds. The van der Waals surface area contributed by atoms with E-state index in [-0.39, 0.29) is 5.97 Å². The molecular formula is C14H12BrNO2. The molecule has 92 valence electrons. The molecule has 1 fully saturated rings. The highest BCUT2D eigenvalue weighted by Gasteiger charge is 2.54. The van der Waals surface area contributed by atoms with Gasteiger partial charge in [0.05, 0.1) is 18.0 Å². The van der Waals surface area contributed by atoms with Gasteiger partial charge in [0.25, 0.3) is 0 Å². The van der Waals surface area contributed by atoms with Gasteiger partial charge < -0.3 is 4.74 Å². The van der Waals surface area contributed by atoms with Gasteiger partial charge in [0.15, 0.2) is 0 Å². The topological polar surface area (TPSA) is 39.2 Å². The summed E-state index contributed by atoms with van der Waals surface area (Å²) in [6.45, 7) is 0. The molecule has 1 aromatic carbocycles. The molecule has 0 unspecified atom stereocenters. The zero-order chi connectivity index (χ0) is 12.8. The Morgan fingerprint density at radius 3 is 2.78 bits per heavy atom. The van der Waals surface area contributed by atoms with Gasteiger partial charge in [0, 0.05) is 10.9 Å². The Labute approximate surface area is 113 Å². The number of fused-ring (bicyclic) bond motifs is 1. The number of para-hydroxylation sites is 1. The largest absolute Gasteiger partial charge is 0.468 e. The van der Waals surface area contributed by atoms with E-state index in [0.29, 0.717) is 0 Å². The van der Waals surface area contributed by atoms with E-state index < -0.39 is 5.41 Å². The molecule has 18 heavy (non-hydrogen) atoms. The van der Waals surface area contributed by atoms with Gasteiger partial charge in [-0.05, 0) is 40.9 Å². The minimum absolute atomic E-state index is 0.166. The number of rotatable bonds is 2. The Morgan fingerprint density at radius 2 is 2.11 bits per heavy atom. The van der Waals surface area contributed by atoms with E-state index >= 15 is 0 Å². The van der Waals surface area contributed by atoms with Gasteiger partial charge in [0.1, 0.15) is 4.60 Å². The van der Waals surface area contributed by atoms with Gasteiger partial charge in [-0.2, -0.15) is 0 Å². The number of methoxy groups -OCH3 is 1. The molecule has 0 bridgehead atoms. The molecule has 0 saturated heterocycles. The van der Waals surface area contributed by atoms with Crippen LogP contribution in [0.15, 0.2) is 34.9 Å². The summed E-state index contributed by atoms with van der Waals surface area (Å²) in [5.41, 5.74) is 1.38. The second-order valence-corrected chi connectivity index (χ2v) is 5.34. The van der Waals surface area contributed by atoms with E-state index in [9.17, 15) is 4.79 Å². The maximum atomic E-state index is 11.9. The lowest BCUT2D eigenvalue weighted by Crippen LogP contribution is -2.22. The highest BCUT2D eigenvalue weighted by Crippen LogP contribution is 2.51. The van der Waals surface area contributed by atoms with Crippen LogP contribution in [0.4, 0.5) is 0 Å². The van der Waals surface area contributed by atoms with Gasteiger partial charge in [-0.15, -0.1) is 0 Å². The van der Waals surface area contributed by atoms with Crippen LogP contribution in [0.1, 0.15) is 18.4 Å². The maximum absolute atomic E-state index is 11.9. The van der Waals surface area contributed by atoms with Crippen molar-refractivity contribution in [3.63, 3.8) is 0 Å². The summed E-state index contributed by atoms with van der Waals surface area (Å²) in [4.78, 5) is 16.4. The number of carbonyl (C=O) groups is 1. The second-order valence-electron chi connectivity index (χ2n) is 4.59. The van der Waals surface area contributed by atoms with Crippen molar-refractivity contribution in [3.8, 4) is 0 Å². The van der Waals surface area contributed by atoms with Crippen LogP contribution in [0.5, 0.6) is 0 Å². The SMILES string of the molecule is COC(=O)C1(c2cc3ccccc3nc2Br)CC1. The van der Waals surface area contributed by atoms with E-state index in [1.165, 1.54) is 7.11 Å². The third-order valence-electron chi connectivity index (χ3n) is 3.52. The molecule has 0 spiro atoms. The van der Waals surface area contributed by atoms with E-state index in [0.717, 1.165) is 33.9 Å². The smallest absolute Gasteiger partial charge is 0.316 e. The average molecular weight is 306 g/mol. The zero-order valence-corrected chi connectivity index (χ0v) is 11.5. The molecule has 0 aliphatic heterocycles. The summed E-state index contributed by atoms with van der Waals surface area (Å²) in [7, 11) is 1.44. The van der Waals surface area contributed by atoms with E-state index in [1.54, 1.807) is 0 Å². The molecule has 2 aromatic rings. The van der Waals surface area contributed by atoms with Crippen molar-refractivity contribution in [2.24, 2.45) is 0 Å². The summed E-state index contributed by atoms with van der Waals surface area (Å²) in [5, 5.41) is 1.05. The Hall–Kier alpha value is -1.42. The highest BCUT2D eigenvalue weighted by atomic mass is 79.9. The molecule has 3 nitrogen and oxygen atoms in total. The molecular weight excluding hydrogens is 294 g/mol. The van der Waals surface area contributed by atoms with Gasteiger partial charge in [0.2, 0.25) is 0 Å². The lowest BCUT2D eigenvalue weighted by atomic mass is 9.96. The first kappa shape index (κ1) is 11.7. The molecule has 1 aromatic heterocycles. The Balaban J connectivity index is 2.18. The number of esters is 1.